The minimum absolute atomic E-state index is 0.135. The molecule has 0 aliphatic carbocycles. The molecule has 3 rings (SSSR count). The molecule has 0 saturated carbocycles. The first-order chi connectivity index (χ1) is 14.2. The maximum absolute atomic E-state index is 12.1. The molecule has 0 radical (unpaired) electrons. The van der Waals surface area contributed by atoms with Crippen LogP contribution in [0.3, 0.4) is 0 Å². The number of amides is 1. The maximum atomic E-state index is 12.1. The molecule has 0 unspecified atom stereocenters. The maximum Gasteiger partial charge on any atom is 0.264 e. The number of nitrogens with one attached hydrogen (secondary N) is 2. The van der Waals surface area contributed by atoms with Gasteiger partial charge in [0.05, 0.1) is 0 Å². The fourth-order valence-electron chi connectivity index (χ4n) is 2.41. The van der Waals surface area contributed by atoms with Crippen LogP contribution in [0.4, 0.5) is 0 Å². The summed E-state index contributed by atoms with van der Waals surface area (Å²) in [6, 6.07) is 19.2. The second kappa shape index (κ2) is 10.6. The van der Waals surface area contributed by atoms with Crippen molar-refractivity contribution < 1.29 is 9.53 Å². The summed E-state index contributed by atoms with van der Waals surface area (Å²) in [5.74, 6) is 1.73. The Morgan fingerprint density at radius 1 is 1.10 bits per heavy atom. The summed E-state index contributed by atoms with van der Waals surface area (Å²) in [5.41, 5.74) is 4.17. The molecular weight excluding hydrogens is 406 g/mol. The summed E-state index contributed by atoms with van der Waals surface area (Å²) in [6.07, 6.45) is 0.666. The highest BCUT2D eigenvalue weighted by Crippen LogP contribution is 2.21. The van der Waals surface area contributed by atoms with Crippen LogP contribution in [0, 0.1) is 0 Å². The Hall–Kier alpha value is -2.91. The standard InChI is InChI=1S/C20H21N5O2S2/c1-2-17-22-23-20(29-14-15-9-5-3-6-10-15)25(17)24-19(28)21-18(26)13-27-16-11-7-4-8-12-16/h3-12H,2,13-14H2,1H3,(H2,21,24,26,28). The zero-order valence-corrected chi connectivity index (χ0v) is 17.5. The van der Waals surface area contributed by atoms with Gasteiger partial charge in [0, 0.05) is 12.2 Å². The molecule has 1 aromatic heterocycles. The quantitative estimate of drug-likeness (QED) is 0.422. The number of carbonyl (C=O) groups is 1. The van der Waals surface area contributed by atoms with E-state index >= 15 is 0 Å². The summed E-state index contributed by atoms with van der Waals surface area (Å²) in [6.45, 7) is 1.84. The number of thiocarbonyl (C=S) groups is 1. The van der Waals surface area contributed by atoms with Crippen LogP contribution in [-0.2, 0) is 17.0 Å². The molecule has 2 aromatic carbocycles. The predicted molar refractivity (Wildman–Crippen MR) is 117 cm³/mol. The van der Waals surface area contributed by atoms with Crippen LogP contribution in [0.25, 0.3) is 0 Å². The molecule has 0 aliphatic heterocycles. The third-order valence-corrected chi connectivity index (χ3v) is 5.00. The number of hydrogen-bond donors (Lipinski definition) is 2. The van der Waals surface area contributed by atoms with Gasteiger partial charge in [-0.05, 0) is 29.9 Å². The molecule has 29 heavy (non-hydrogen) atoms. The fourth-order valence-corrected chi connectivity index (χ4v) is 3.49. The van der Waals surface area contributed by atoms with Crippen molar-refractivity contribution in [1.82, 2.24) is 20.2 Å². The van der Waals surface area contributed by atoms with Crippen molar-refractivity contribution in [2.24, 2.45) is 0 Å². The van der Waals surface area contributed by atoms with E-state index in [2.05, 4.69) is 33.1 Å². The van der Waals surface area contributed by atoms with Gasteiger partial charge in [-0.2, -0.15) is 0 Å². The summed E-state index contributed by atoms with van der Waals surface area (Å²) < 4.78 is 7.13. The fraction of sp³-hybridized carbons (Fsp3) is 0.200. The van der Waals surface area contributed by atoms with Crippen LogP contribution < -0.4 is 15.5 Å². The molecule has 9 heteroatoms. The molecule has 2 N–H and O–H groups in total. The monoisotopic (exact) mass is 427 g/mol. The highest BCUT2D eigenvalue weighted by molar-refractivity contribution is 7.98. The van der Waals surface area contributed by atoms with Gasteiger partial charge >= 0.3 is 0 Å². The summed E-state index contributed by atoms with van der Waals surface area (Å²) in [5, 5.41) is 11.9. The Bertz CT molecular complexity index is 948. The highest BCUT2D eigenvalue weighted by Gasteiger charge is 2.14. The first-order valence-electron chi connectivity index (χ1n) is 9.05. The number of benzene rings is 2. The van der Waals surface area contributed by atoms with Gasteiger partial charge < -0.3 is 4.74 Å². The van der Waals surface area contributed by atoms with E-state index in [0.29, 0.717) is 17.3 Å². The van der Waals surface area contributed by atoms with Crippen molar-refractivity contribution in [1.29, 1.82) is 0 Å². The van der Waals surface area contributed by atoms with Gasteiger partial charge in [-0.1, -0.05) is 67.2 Å². The normalized spacial score (nSPS) is 10.4. The van der Waals surface area contributed by atoms with Gasteiger partial charge in [0.2, 0.25) is 5.16 Å². The van der Waals surface area contributed by atoms with Gasteiger partial charge in [0.25, 0.3) is 5.91 Å². The van der Waals surface area contributed by atoms with Gasteiger partial charge in [-0.15, -0.1) is 10.2 Å². The number of hydrogen-bond acceptors (Lipinski definition) is 6. The van der Waals surface area contributed by atoms with Gasteiger partial charge in [-0.25, -0.2) is 4.68 Å². The van der Waals surface area contributed by atoms with E-state index in [4.69, 9.17) is 17.0 Å². The molecule has 0 bridgehead atoms. The molecule has 150 valence electrons. The Morgan fingerprint density at radius 3 is 2.48 bits per heavy atom. The van der Waals surface area contributed by atoms with E-state index in [1.165, 1.54) is 17.3 Å². The minimum atomic E-state index is -0.351. The topological polar surface area (TPSA) is 81.1 Å². The molecule has 0 aliphatic rings. The highest BCUT2D eigenvalue weighted by atomic mass is 32.2. The summed E-state index contributed by atoms with van der Waals surface area (Å²) in [7, 11) is 0. The van der Waals surface area contributed by atoms with Crippen LogP contribution in [0.15, 0.2) is 65.8 Å². The number of aromatic nitrogens is 3. The number of nitrogens with zero attached hydrogens (tertiary/aromatic N) is 3. The third kappa shape index (κ3) is 6.30. The van der Waals surface area contributed by atoms with E-state index in [1.54, 1.807) is 16.8 Å². The third-order valence-electron chi connectivity index (χ3n) is 3.81. The lowest BCUT2D eigenvalue weighted by Gasteiger charge is -2.14. The lowest BCUT2D eigenvalue weighted by atomic mass is 10.2. The van der Waals surface area contributed by atoms with Crippen molar-refractivity contribution in [3.05, 3.63) is 72.1 Å². The van der Waals surface area contributed by atoms with E-state index in [-0.39, 0.29) is 17.6 Å². The average molecular weight is 428 g/mol. The largest absolute Gasteiger partial charge is 0.484 e. The van der Waals surface area contributed by atoms with Crippen molar-refractivity contribution in [3.63, 3.8) is 0 Å². The number of thioether (sulfide) groups is 1. The van der Waals surface area contributed by atoms with E-state index < -0.39 is 0 Å². The van der Waals surface area contributed by atoms with Gasteiger partial charge in [0.1, 0.15) is 5.75 Å². The van der Waals surface area contributed by atoms with Crippen LogP contribution in [0.1, 0.15) is 18.3 Å². The Morgan fingerprint density at radius 2 is 1.79 bits per heavy atom. The number of ether oxygens (including phenoxy) is 1. The summed E-state index contributed by atoms with van der Waals surface area (Å²) >= 11 is 6.80. The van der Waals surface area contributed by atoms with Crippen molar-refractivity contribution >= 4 is 35.0 Å². The predicted octanol–water partition coefficient (Wildman–Crippen LogP) is 3.16. The molecular formula is C20H21N5O2S2. The molecule has 1 amide bonds. The molecule has 1 heterocycles. The Labute approximate surface area is 178 Å². The molecule has 3 aromatic rings. The first-order valence-corrected chi connectivity index (χ1v) is 10.4. The zero-order valence-electron chi connectivity index (χ0n) is 15.9. The first kappa shape index (κ1) is 20.8. The second-order valence-electron chi connectivity index (χ2n) is 5.95. The summed E-state index contributed by atoms with van der Waals surface area (Å²) in [4.78, 5) is 12.1. The molecule has 7 nitrogen and oxygen atoms in total. The van der Waals surface area contributed by atoms with Gasteiger partial charge in [-0.3, -0.25) is 15.5 Å². The number of rotatable bonds is 8. The number of aryl methyl sites for hydroxylation is 1. The van der Waals surface area contributed by atoms with Crippen molar-refractivity contribution in [2.45, 2.75) is 24.3 Å². The lowest BCUT2D eigenvalue weighted by molar-refractivity contribution is -0.121. The minimum Gasteiger partial charge on any atom is -0.484 e. The van der Waals surface area contributed by atoms with Crippen LogP contribution in [-0.4, -0.2) is 32.5 Å². The van der Waals surface area contributed by atoms with E-state index in [9.17, 15) is 4.79 Å². The SMILES string of the molecule is CCc1nnc(SCc2ccccc2)n1NC(=S)NC(=O)COc1ccccc1. The number of carbonyl (C=O) groups excluding carboxylic acids is 1. The average Bonchev–Trinajstić information content (AvgIpc) is 3.13. The van der Waals surface area contributed by atoms with Crippen LogP contribution in [0.2, 0.25) is 0 Å². The zero-order chi connectivity index (χ0) is 20.5. The van der Waals surface area contributed by atoms with Crippen molar-refractivity contribution in [2.75, 3.05) is 12.0 Å². The smallest absolute Gasteiger partial charge is 0.264 e. The van der Waals surface area contributed by atoms with Gasteiger partial charge in [0.15, 0.2) is 17.5 Å². The Balaban J connectivity index is 1.56. The molecule has 0 fully saturated rings. The Kier molecular flexibility index (Phi) is 7.60. The lowest BCUT2D eigenvalue weighted by Crippen LogP contribution is -2.41. The van der Waals surface area contributed by atoms with E-state index in [0.717, 1.165) is 11.6 Å². The molecule has 0 spiro atoms. The van der Waals surface area contributed by atoms with E-state index in [1.807, 2.05) is 43.3 Å². The van der Waals surface area contributed by atoms with Crippen LogP contribution >= 0.6 is 24.0 Å². The molecule has 0 saturated heterocycles. The molecule has 0 atom stereocenters. The second-order valence-corrected chi connectivity index (χ2v) is 7.30. The van der Waals surface area contributed by atoms with Crippen molar-refractivity contribution in [3.8, 4) is 5.75 Å². The number of para-hydroxylation sites is 1. The van der Waals surface area contributed by atoms with Crippen LogP contribution in [0.5, 0.6) is 5.75 Å².